The van der Waals surface area contributed by atoms with Crippen molar-refractivity contribution in [1.82, 2.24) is 10.3 Å². The SMILES string of the molecule is O=[N+]([O-])c1ccc(Br)cc1CNCc1ccccn1. The lowest BCUT2D eigenvalue weighted by Gasteiger charge is -2.06. The second kappa shape index (κ2) is 6.40. The first-order valence-corrected chi connectivity index (χ1v) is 6.49. The fourth-order valence-corrected chi connectivity index (χ4v) is 2.11. The highest BCUT2D eigenvalue weighted by Crippen LogP contribution is 2.22. The van der Waals surface area contributed by atoms with E-state index in [2.05, 4.69) is 26.2 Å². The van der Waals surface area contributed by atoms with Crippen LogP contribution in [0.1, 0.15) is 11.3 Å². The van der Waals surface area contributed by atoms with Gasteiger partial charge in [0.1, 0.15) is 0 Å². The van der Waals surface area contributed by atoms with Gasteiger partial charge in [0.25, 0.3) is 5.69 Å². The molecule has 2 aromatic rings. The standard InChI is InChI=1S/C13H12BrN3O2/c14-11-4-5-13(17(18)19)10(7-11)8-15-9-12-3-1-2-6-16-12/h1-7,15H,8-9H2. The first-order valence-electron chi connectivity index (χ1n) is 5.70. The molecule has 5 nitrogen and oxygen atoms in total. The van der Waals surface area contributed by atoms with Crippen LogP contribution in [0.25, 0.3) is 0 Å². The van der Waals surface area contributed by atoms with Crippen LogP contribution < -0.4 is 5.32 Å². The van der Waals surface area contributed by atoms with Gasteiger partial charge >= 0.3 is 0 Å². The van der Waals surface area contributed by atoms with E-state index in [1.165, 1.54) is 6.07 Å². The van der Waals surface area contributed by atoms with Crippen LogP contribution in [-0.2, 0) is 13.1 Å². The molecule has 0 aliphatic carbocycles. The van der Waals surface area contributed by atoms with E-state index < -0.39 is 0 Å². The summed E-state index contributed by atoms with van der Waals surface area (Å²) in [6.07, 6.45) is 1.72. The van der Waals surface area contributed by atoms with Crippen molar-refractivity contribution in [3.63, 3.8) is 0 Å². The zero-order chi connectivity index (χ0) is 13.7. The average molecular weight is 322 g/mol. The Hall–Kier alpha value is -1.79. The predicted octanol–water partition coefficient (Wildman–Crippen LogP) is 3.04. The van der Waals surface area contributed by atoms with E-state index in [1.54, 1.807) is 18.3 Å². The Kier molecular flexibility index (Phi) is 4.59. The Labute approximate surface area is 119 Å². The number of nitro benzene ring substituents is 1. The highest BCUT2D eigenvalue weighted by molar-refractivity contribution is 9.10. The van der Waals surface area contributed by atoms with Gasteiger partial charge in [-0.05, 0) is 24.3 Å². The summed E-state index contributed by atoms with van der Waals surface area (Å²) in [5.41, 5.74) is 1.67. The third kappa shape index (κ3) is 3.84. The van der Waals surface area contributed by atoms with Crippen LogP contribution in [-0.4, -0.2) is 9.91 Å². The van der Waals surface area contributed by atoms with Gasteiger partial charge in [0.05, 0.1) is 10.6 Å². The minimum absolute atomic E-state index is 0.122. The molecule has 0 amide bonds. The predicted molar refractivity (Wildman–Crippen MR) is 75.6 cm³/mol. The topological polar surface area (TPSA) is 68.1 Å². The van der Waals surface area contributed by atoms with Crippen LogP contribution in [0.5, 0.6) is 0 Å². The van der Waals surface area contributed by atoms with Crippen LogP contribution in [0, 0.1) is 10.1 Å². The Morgan fingerprint density at radius 2 is 2.11 bits per heavy atom. The Bertz CT molecular complexity index is 575. The lowest BCUT2D eigenvalue weighted by Crippen LogP contribution is -2.14. The van der Waals surface area contributed by atoms with E-state index >= 15 is 0 Å². The Balaban J connectivity index is 2.03. The maximum Gasteiger partial charge on any atom is 0.273 e. The molecule has 6 heteroatoms. The molecule has 2 rings (SSSR count). The monoisotopic (exact) mass is 321 g/mol. The van der Waals surface area contributed by atoms with Gasteiger partial charge in [-0.3, -0.25) is 15.1 Å². The van der Waals surface area contributed by atoms with Crippen LogP contribution in [0.15, 0.2) is 47.1 Å². The first kappa shape index (κ1) is 13.6. The van der Waals surface area contributed by atoms with E-state index in [9.17, 15) is 10.1 Å². The molecule has 0 saturated carbocycles. The molecule has 98 valence electrons. The van der Waals surface area contributed by atoms with Gasteiger partial charge in [0, 0.05) is 35.4 Å². The van der Waals surface area contributed by atoms with E-state index in [4.69, 9.17) is 0 Å². The number of halogens is 1. The fourth-order valence-electron chi connectivity index (χ4n) is 1.70. The summed E-state index contributed by atoms with van der Waals surface area (Å²) in [7, 11) is 0. The van der Waals surface area contributed by atoms with Gasteiger partial charge in [0.15, 0.2) is 0 Å². The number of hydrogen-bond acceptors (Lipinski definition) is 4. The summed E-state index contributed by atoms with van der Waals surface area (Å²) in [5.74, 6) is 0. The molecule has 0 aliphatic heterocycles. The van der Waals surface area contributed by atoms with Gasteiger partial charge in [-0.15, -0.1) is 0 Å². The van der Waals surface area contributed by atoms with Crippen LogP contribution in [0.2, 0.25) is 0 Å². The molecule has 1 aromatic heterocycles. The number of nitrogens with zero attached hydrogens (tertiary/aromatic N) is 2. The molecule has 0 unspecified atom stereocenters. The van der Waals surface area contributed by atoms with Crippen LogP contribution >= 0.6 is 15.9 Å². The fraction of sp³-hybridized carbons (Fsp3) is 0.154. The second-order valence-electron chi connectivity index (χ2n) is 3.95. The number of nitrogens with one attached hydrogen (secondary N) is 1. The smallest absolute Gasteiger partial charge is 0.273 e. The summed E-state index contributed by atoms with van der Waals surface area (Å²) < 4.78 is 0.827. The molecule has 0 bridgehead atoms. The van der Waals surface area contributed by atoms with Gasteiger partial charge in [0.2, 0.25) is 0 Å². The van der Waals surface area contributed by atoms with Crippen molar-refractivity contribution in [2.45, 2.75) is 13.1 Å². The normalized spacial score (nSPS) is 10.4. The van der Waals surface area contributed by atoms with Crippen molar-refractivity contribution in [2.24, 2.45) is 0 Å². The molecule has 0 radical (unpaired) electrons. The second-order valence-corrected chi connectivity index (χ2v) is 4.87. The lowest BCUT2D eigenvalue weighted by atomic mass is 10.2. The molecule has 0 aliphatic rings. The quantitative estimate of drug-likeness (QED) is 0.679. The molecular formula is C13H12BrN3O2. The molecule has 1 N–H and O–H groups in total. The number of nitro groups is 1. The first-order chi connectivity index (χ1) is 9.16. The molecule has 0 saturated heterocycles. The van der Waals surface area contributed by atoms with Gasteiger partial charge in [-0.1, -0.05) is 22.0 Å². The van der Waals surface area contributed by atoms with Gasteiger partial charge in [-0.25, -0.2) is 0 Å². The average Bonchev–Trinajstić information content (AvgIpc) is 2.39. The third-order valence-electron chi connectivity index (χ3n) is 2.59. The number of pyridine rings is 1. The number of rotatable bonds is 5. The largest absolute Gasteiger partial charge is 0.307 e. The summed E-state index contributed by atoms with van der Waals surface area (Å²) >= 11 is 3.32. The Morgan fingerprint density at radius 3 is 2.79 bits per heavy atom. The van der Waals surface area contributed by atoms with Crippen molar-refractivity contribution in [3.8, 4) is 0 Å². The van der Waals surface area contributed by atoms with Crippen molar-refractivity contribution in [3.05, 3.63) is 68.4 Å². The summed E-state index contributed by atoms with van der Waals surface area (Å²) in [6, 6.07) is 10.6. The van der Waals surface area contributed by atoms with Crippen molar-refractivity contribution in [2.75, 3.05) is 0 Å². The molecule has 1 heterocycles. The zero-order valence-corrected chi connectivity index (χ0v) is 11.6. The number of aromatic nitrogens is 1. The summed E-state index contributed by atoms with van der Waals surface area (Å²) in [4.78, 5) is 14.7. The minimum Gasteiger partial charge on any atom is -0.307 e. The van der Waals surface area contributed by atoms with Crippen molar-refractivity contribution >= 4 is 21.6 Å². The molecule has 0 atom stereocenters. The maximum atomic E-state index is 10.9. The van der Waals surface area contributed by atoms with Crippen LogP contribution in [0.4, 0.5) is 5.69 Å². The minimum atomic E-state index is -0.371. The van der Waals surface area contributed by atoms with Crippen molar-refractivity contribution < 1.29 is 4.92 Å². The van der Waals surface area contributed by atoms with E-state index in [1.807, 2.05) is 18.2 Å². The number of benzene rings is 1. The molecule has 0 fully saturated rings. The molecular weight excluding hydrogens is 310 g/mol. The van der Waals surface area contributed by atoms with E-state index in [0.29, 0.717) is 18.7 Å². The Morgan fingerprint density at radius 1 is 1.26 bits per heavy atom. The molecule has 19 heavy (non-hydrogen) atoms. The molecule has 0 spiro atoms. The maximum absolute atomic E-state index is 10.9. The summed E-state index contributed by atoms with van der Waals surface area (Å²) in [5, 5.41) is 14.1. The lowest BCUT2D eigenvalue weighted by molar-refractivity contribution is -0.385. The van der Waals surface area contributed by atoms with E-state index in [0.717, 1.165) is 10.2 Å². The highest BCUT2D eigenvalue weighted by atomic mass is 79.9. The van der Waals surface area contributed by atoms with Gasteiger partial charge in [-0.2, -0.15) is 0 Å². The third-order valence-corrected chi connectivity index (χ3v) is 3.08. The van der Waals surface area contributed by atoms with Crippen LogP contribution in [0.3, 0.4) is 0 Å². The van der Waals surface area contributed by atoms with Gasteiger partial charge < -0.3 is 5.32 Å². The highest BCUT2D eigenvalue weighted by Gasteiger charge is 2.13. The van der Waals surface area contributed by atoms with Crippen molar-refractivity contribution in [1.29, 1.82) is 0 Å². The van der Waals surface area contributed by atoms with E-state index in [-0.39, 0.29) is 10.6 Å². The molecule has 1 aromatic carbocycles. The zero-order valence-electron chi connectivity index (χ0n) is 10.0. The number of hydrogen-bond donors (Lipinski definition) is 1. The summed E-state index contributed by atoms with van der Waals surface area (Å²) in [6.45, 7) is 0.997.